The Balaban J connectivity index is -0.000000467. The van der Waals surface area contributed by atoms with Crippen molar-refractivity contribution in [2.45, 2.75) is 13.8 Å². The van der Waals surface area contributed by atoms with Crippen molar-refractivity contribution in [3.63, 3.8) is 0 Å². The molecule has 1 N–H and O–H groups in total. The molecular formula is C23H35N3O4. The van der Waals surface area contributed by atoms with E-state index in [1.807, 2.05) is 70.0 Å². The van der Waals surface area contributed by atoms with Crippen molar-refractivity contribution in [1.82, 2.24) is 10.2 Å². The third kappa shape index (κ3) is 16.7. The summed E-state index contributed by atoms with van der Waals surface area (Å²) in [4.78, 5) is 33.5. The number of aryl methyl sites for hydroxylation is 1. The van der Waals surface area contributed by atoms with Gasteiger partial charge in [-0.05, 0) is 37.6 Å². The van der Waals surface area contributed by atoms with Gasteiger partial charge in [-0.1, -0.05) is 36.4 Å². The lowest BCUT2D eigenvalue weighted by Crippen LogP contribution is -2.31. The molecule has 30 heavy (non-hydrogen) atoms. The van der Waals surface area contributed by atoms with Crippen LogP contribution < -0.4 is 10.1 Å². The van der Waals surface area contributed by atoms with Crippen LogP contribution in [0.15, 0.2) is 65.8 Å². The lowest BCUT2D eigenvalue weighted by atomic mass is 10.2. The van der Waals surface area contributed by atoms with Crippen LogP contribution in [0.3, 0.4) is 0 Å². The van der Waals surface area contributed by atoms with E-state index in [-0.39, 0.29) is 5.91 Å². The number of hydrogen-bond acceptors (Lipinski definition) is 6. The Kier molecular flexibility index (Phi) is 22.7. The summed E-state index contributed by atoms with van der Waals surface area (Å²) in [6.07, 6.45) is 7.09. The van der Waals surface area contributed by atoms with Gasteiger partial charge in [0.2, 0.25) is 0 Å². The van der Waals surface area contributed by atoms with Crippen LogP contribution in [-0.4, -0.2) is 64.9 Å². The van der Waals surface area contributed by atoms with Crippen LogP contribution in [0.2, 0.25) is 0 Å². The minimum absolute atomic E-state index is 0.183. The third-order valence-electron chi connectivity index (χ3n) is 3.19. The molecule has 0 aliphatic rings. The zero-order chi connectivity index (χ0) is 23.9. The molecule has 0 aliphatic heterocycles. The van der Waals surface area contributed by atoms with E-state index in [4.69, 9.17) is 14.3 Å². The van der Waals surface area contributed by atoms with Crippen molar-refractivity contribution in [2.24, 2.45) is 4.99 Å². The molecule has 0 saturated heterocycles. The van der Waals surface area contributed by atoms with Crippen LogP contribution in [0.25, 0.3) is 0 Å². The van der Waals surface area contributed by atoms with Gasteiger partial charge in [-0.15, -0.1) is 0 Å². The SMILES string of the molecule is C=C/C(=C\N(C)C)CNC(=O)C(/C=C\C)=NC.C=O.C=O.COc1ccc(C)cc1. The van der Waals surface area contributed by atoms with Crippen LogP contribution in [0.5, 0.6) is 5.75 Å². The fourth-order valence-corrected chi connectivity index (χ4v) is 1.86. The van der Waals surface area contributed by atoms with E-state index in [2.05, 4.69) is 23.8 Å². The zero-order valence-electron chi connectivity index (χ0n) is 19.0. The van der Waals surface area contributed by atoms with E-state index in [1.54, 1.807) is 32.4 Å². The predicted molar refractivity (Wildman–Crippen MR) is 125 cm³/mol. The Bertz CT molecular complexity index is 676. The Morgan fingerprint density at radius 1 is 1.17 bits per heavy atom. The number of rotatable bonds is 7. The maximum Gasteiger partial charge on any atom is 0.269 e. The van der Waals surface area contributed by atoms with Crippen LogP contribution in [0, 0.1) is 6.92 Å². The molecule has 1 aromatic rings. The molecule has 1 amide bonds. The molecule has 1 aromatic carbocycles. The lowest BCUT2D eigenvalue weighted by molar-refractivity contribution is -0.114. The molecule has 0 atom stereocenters. The third-order valence-corrected chi connectivity index (χ3v) is 3.19. The smallest absolute Gasteiger partial charge is 0.269 e. The maximum atomic E-state index is 11.7. The maximum absolute atomic E-state index is 11.7. The van der Waals surface area contributed by atoms with Gasteiger partial charge in [0.05, 0.1) is 7.11 Å². The van der Waals surface area contributed by atoms with Gasteiger partial charge in [0.1, 0.15) is 25.0 Å². The fourth-order valence-electron chi connectivity index (χ4n) is 1.86. The number of aliphatic imine (C=N–C) groups is 1. The van der Waals surface area contributed by atoms with Gasteiger partial charge in [0.25, 0.3) is 5.91 Å². The molecule has 7 heteroatoms. The number of allylic oxidation sites excluding steroid dienone is 1. The standard InChI is InChI=1S/C13H21N3O.C8H10O.2CH2O/c1-6-8-12(14-3)13(17)15-9-11(7-2)10-16(4)5;1-7-3-5-8(9-2)6-4-7;2*1-2/h6-8,10H,2,9H2,1,3-5H3,(H,15,17);3-6H,1-2H3;2*1H2/b8-6-,11-10+,14-12?;;;. The second kappa shape index (κ2) is 21.8. The van der Waals surface area contributed by atoms with Crippen molar-refractivity contribution in [1.29, 1.82) is 0 Å². The van der Waals surface area contributed by atoms with Gasteiger partial charge in [-0.3, -0.25) is 9.79 Å². The van der Waals surface area contributed by atoms with E-state index in [0.717, 1.165) is 11.3 Å². The van der Waals surface area contributed by atoms with E-state index in [9.17, 15) is 4.79 Å². The van der Waals surface area contributed by atoms with E-state index >= 15 is 0 Å². The highest BCUT2D eigenvalue weighted by Crippen LogP contribution is 2.09. The molecule has 0 bridgehead atoms. The summed E-state index contributed by atoms with van der Waals surface area (Å²) < 4.78 is 4.97. The molecule has 0 spiro atoms. The number of nitrogens with zero attached hydrogens (tertiary/aromatic N) is 2. The first-order chi connectivity index (χ1) is 14.4. The lowest BCUT2D eigenvalue weighted by Gasteiger charge is -2.10. The average molecular weight is 418 g/mol. The quantitative estimate of drug-likeness (QED) is 0.544. The number of carbonyl (C=O) groups excluding carboxylic acids is 3. The van der Waals surface area contributed by atoms with Crippen LogP contribution in [0.4, 0.5) is 0 Å². The van der Waals surface area contributed by atoms with Crippen LogP contribution >= 0.6 is 0 Å². The largest absolute Gasteiger partial charge is 0.497 e. The summed E-state index contributed by atoms with van der Waals surface area (Å²) >= 11 is 0. The monoisotopic (exact) mass is 417 g/mol. The number of nitrogens with one attached hydrogen (secondary N) is 1. The first-order valence-electron chi connectivity index (χ1n) is 8.93. The number of hydrogen-bond donors (Lipinski definition) is 1. The van der Waals surface area contributed by atoms with E-state index in [0.29, 0.717) is 12.3 Å². The molecule has 0 heterocycles. The van der Waals surface area contributed by atoms with E-state index in [1.165, 1.54) is 5.56 Å². The topological polar surface area (TPSA) is 88.1 Å². The first kappa shape index (κ1) is 31.2. The number of ether oxygens (including phenoxy) is 1. The Hall–Kier alpha value is -3.48. The van der Waals surface area contributed by atoms with Gasteiger partial charge in [-0.2, -0.15) is 0 Å². The summed E-state index contributed by atoms with van der Waals surface area (Å²) in [5.74, 6) is 0.734. The molecule has 0 radical (unpaired) electrons. The van der Waals surface area contributed by atoms with Crippen molar-refractivity contribution in [2.75, 3.05) is 34.8 Å². The summed E-state index contributed by atoms with van der Waals surface area (Å²) in [5, 5.41) is 2.79. The van der Waals surface area contributed by atoms with Gasteiger partial charge < -0.3 is 24.5 Å². The van der Waals surface area contributed by atoms with Crippen molar-refractivity contribution >= 4 is 25.2 Å². The Morgan fingerprint density at radius 3 is 2.07 bits per heavy atom. The highest BCUT2D eigenvalue weighted by atomic mass is 16.5. The molecular weight excluding hydrogens is 382 g/mol. The molecule has 166 valence electrons. The molecule has 1 rings (SSSR count). The van der Waals surface area contributed by atoms with Gasteiger partial charge in [0, 0.05) is 33.9 Å². The average Bonchev–Trinajstić information content (AvgIpc) is 2.78. The minimum Gasteiger partial charge on any atom is -0.497 e. The first-order valence-corrected chi connectivity index (χ1v) is 8.93. The zero-order valence-corrected chi connectivity index (χ0v) is 19.0. The summed E-state index contributed by atoms with van der Waals surface area (Å²) in [6, 6.07) is 7.96. The summed E-state index contributed by atoms with van der Waals surface area (Å²) in [7, 11) is 7.11. The number of methoxy groups -OCH3 is 1. The van der Waals surface area contributed by atoms with Gasteiger partial charge >= 0.3 is 0 Å². The molecule has 0 saturated carbocycles. The molecule has 0 unspecified atom stereocenters. The fraction of sp³-hybridized carbons (Fsp3) is 0.304. The van der Waals surface area contributed by atoms with Crippen molar-refractivity contribution in [3.8, 4) is 5.75 Å². The van der Waals surface area contributed by atoms with Gasteiger partial charge in [-0.25, -0.2) is 0 Å². The number of amides is 1. The Labute approximate surface area is 180 Å². The van der Waals surface area contributed by atoms with E-state index < -0.39 is 0 Å². The molecule has 7 nitrogen and oxygen atoms in total. The highest BCUT2D eigenvalue weighted by Gasteiger charge is 2.06. The van der Waals surface area contributed by atoms with Crippen LogP contribution in [-0.2, 0) is 14.4 Å². The van der Waals surface area contributed by atoms with Crippen LogP contribution in [0.1, 0.15) is 12.5 Å². The number of carbonyl (C=O) groups is 3. The second-order valence-corrected chi connectivity index (χ2v) is 5.68. The summed E-state index contributed by atoms with van der Waals surface area (Å²) in [6.45, 7) is 12.0. The van der Waals surface area contributed by atoms with Crippen molar-refractivity contribution < 1.29 is 19.1 Å². The second-order valence-electron chi connectivity index (χ2n) is 5.68. The number of benzene rings is 1. The minimum atomic E-state index is -0.183. The predicted octanol–water partition coefficient (Wildman–Crippen LogP) is 3.01. The Morgan fingerprint density at radius 2 is 1.70 bits per heavy atom. The molecule has 0 fully saturated rings. The molecule has 0 aliphatic carbocycles. The van der Waals surface area contributed by atoms with Crippen molar-refractivity contribution in [3.05, 3.63) is 66.4 Å². The summed E-state index contributed by atoms with van der Waals surface area (Å²) in [5.41, 5.74) is 2.62. The highest BCUT2D eigenvalue weighted by molar-refractivity contribution is 6.43. The normalized spacial score (nSPS) is 10.2. The molecule has 0 aromatic heterocycles. The van der Waals surface area contributed by atoms with Gasteiger partial charge in [0.15, 0.2) is 0 Å².